The fourth-order valence-corrected chi connectivity index (χ4v) is 3.40. The summed E-state index contributed by atoms with van der Waals surface area (Å²) in [5.74, 6) is 0.604. The topological polar surface area (TPSA) is 51.2 Å². The van der Waals surface area contributed by atoms with Crippen molar-refractivity contribution in [3.05, 3.63) is 29.3 Å². The molecule has 0 aliphatic rings. The van der Waals surface area contributed by atoms with Gasteiger partial charge in [-0.2, -0.15) is 0 Å². The summed E-state index contributed by atoms with van der Waals surface area (Å²) in [4.78, 5) is 11.6. The fraction of sp³-hybridized carbons (Fsp3) is 0.364. The molecule has 0 heterocycles. The second-order valence-corrected chi connectivity index (χ2v) is 7.03. The van der Waals surface area contributed by atoms with Crippen molar-refractivity contribution in [1.82, 2.24) is 0 Å². The minimum atomic E-state index is -2.93. The molecular weight excluding hydrogens is 244 g/mol. The summed E-state index contributed by atoms with van der Waals surface area (Å²) in [7, 11) is -2.93. The summed E-state index contributed by atoms with van der Waals surface area (Å²) >= 11 is 1.40. The Morgan fingerprint density at radius 1 is 1.38 bits per heavy atom. The minimum Gasteiger partial charge on any atom is -0.298 e. The standard InChI is InChI=1S/C11H14O3S2/c1-9-3-4-11(10(7-9)8-12)15-5-6-16(2,13)14/h3-4,7-8H,5-6H2,1-2H3. The molecular formula is C11H14O3S2. The summed E-state index contributed by atoms with van der Waals surface area (Å²) < 4.78 is 21.9. The Morgan fingerprint density at radius 2 is 2.06 bits per heavy atom. The molecule has 0 atom stereocenters. The van der Waals surface area contributed by atoms with Crippen molar-refractivity contribution in [3.63, 3.8) is 0 Å². The van der Waals surface area contributed by atoms with Gasteiger partial charge in [-0.25, -0.2) is 8.42 Å². The van der Waals surface area contributed by atoms with Gasteiger partial charge in [-0.05, 0) is 19.1 Å². The van der Waals surface area contributed by atoms with Gasteiger partial charge in [0.25, 0.3) is 0 Å². The van der Waals surface area contributed by atoms with Crippen LogP contribution >= 0.6 is 11.8 Å². The Hall–Kier alpha value is -0.810. The van der Waals surface area contributed by atoms with Crippen LogP contribution in [0.15, 0.2) is 23.1 Å². The number of aryl methyl sites for hydroxylation is 1. The van der Waals surface area contributed by atoms with Gasteiger partial charge in [-0.1, -0.05) is 11.6 Å². The van der Waals surface area contributed by atoms with Crippen LogP contribution < -0.4 is 0 Å². The van der Waals surface area contributed by atoms with Crippen molar-refractivity contribution in [2.45, 2.75) is 11.8 Å². The van der Waals surface area contributed by atoms with E-state index in [2.05, 4.69) is 0 Å². The molecule has 5 heteroatoms. The third kappa shape index (κ3) is 4.37. The van der Waals surface area contributed by atoms with Gasteiger partial charge in [0, 0.05) is 22.5 Å². The van der Waals surface area contributed by atoms with Crippen LogP contribution in [-0.2, 0) is 9.84 Å². The highest BCUT2D eigenvalue weighted by atomic mass is 32.2. The van der Waals surface area contributed by atoms with Gasteiger partial charge in [-0.3, -0.25) is 4.79 Å². The first-order valence-corrected chi connectivity index (χ1v) is 7.83. The molecule has 0 aromatic heterocycles. The molecule has 0 aliphatic carbocycles. The molecule has 0 aliphatic heterocycles. The Bertz CT molecular complexity index is 478. The maximum absolute atomic E-state index is 10.9. The molecule has 0 amide bonds. The van der Waals surface area contributed by atoms with E-state index in [0.717, 1.165) is 16.7 Å². The summed E-state index contributed by atoms with van der Waals surface area (Å²) in [6, 6.07) is 5.57. The average Bonchev–Trinajstić information content (AvgIpc) is 2.18. The highest BCUT2D eigenvalue weighted by Crippen LogP contribution is 2.22. The molecule has 1 aromatic rings. The number of thioether (sulfide) groups is 1. The van der Waals surface area contributed by atoms with E-state index in [9.17, 15) is 13.2 Å². The molecule has 0 saturated heterocycles. The van der Waals surface area contributed by atoms with Crippen molar-refractivity contribution >= 4 is 27.9 Å². The quantitative estimate of drug-likeness (QED) is 0.598. The normalized spacial score (nSPS) is 11.4. The molecule has 0 unspecified atom stereocenters. The number of carbonyl (C=O) groups is 1. The van der Waals surface area contributed by atoms with Crippen molar-refractivity contribution in [2.24, 2.45) is 0 Å². The molecule has 0 spiro atoms. The number of hydrogen-bond donors (Lipinski definition) is 0. The Morgan fingerprint density at radius 3 is 2.62 bits per heavy atom. The highest BCUT2D eigenvalue weighted by Gasteiger charge is 2.06. The van der Waals surface area contributed by atoms with Crippen LogP contribution in [0.25, 0.3) is 0 Å². The summed E-state index contributed by atoms with van der Waals surface area (Å²) in [6.07, 6.45) is 2.01. The van der Waals surface area contributed by atoms with Gasteiger partial charge in [0.2, 0.25) is 0 Å². The molecule has 16 heavy (non-hydrogen) atoms. The van der Waals surface area contributed by atoms with Crippen LogP contribution in [0.2, 0.25) is 0 Å². The molecule has 1 rings (SSSR count). The monoisotopic (exact) mass is 258 g/mol. The van der Waals surface area contributed by atoms with Gasteiger partial charge >= 0.3 is 0 Å². The third-order valence-corrected chi connectivity index (χ3v) is 4.30. The number of carbonyl (C=O) groups excluding carboxylic acids is 1. The zero-order chi connectivity index (χ0) is 12.2. The molecule has 1 aromatic carbocycles. The highest BCUT2D eigenvalue weighted by molar-refractivity contribution is 8.00. The SMILES string of the molecule is Cc1ccc(SCCS(C)(=O)=O)c(C=O)c1. The van der Waals surface area contributed by atoms with E-state index in [4.69, 9.17) is 0 Å². The molecule has 0 saturated carbocycles. The summed E-state index contributed by atoms with van der Waals surface area (Å²) in [5, 5.41) is 0. The largest absolute Gasteiger partial charge is 0.298 e. The fourth-order valence-electron chi connectivity index (χ4n) is 1.19. The van der Waals surface area contributed by atoms with E-state index >= 15 is 0 Å². The lowest BCUT2D eigenvalue weighted by atomic mass is 10.2. The summed E-state index contributed by atoms with van der Waals surface area (Å²) in [5.41, 5.74) is 1.65. The lowest BCUT2D eigenvalue weighted by Gasteiger charge is -2.04. The second kappa shape index (κ2) is 5.50. The predicted octanol–water partition coefficient (Wildman–Crippen LogP) is 1.94. The van der Waals surface area contributed by atoms with Crippen LogP contribution in [0.5, 0.6) is 0 Å². The minimum absolute atomic E-state index is 0.129. The second-order valence-electron chi connectivity index (χ2n) is 3.64. The van der Waals surface area contributed by atoms with Crippen molar-refractivity contribution in [2.75, 3.05) is 17.8 Å². The van der Waals surface area contributed by atoms with E-state index in [0.29, 0.717) is 11.3 Å². The first-order chi connectivity index (χ1) is 7.42. The lowest BCUT2D eigenvalue weighted by Crippen LogP contribution is -2.05. The average molecular weight is 258 g/mol. The first kappa shape index (κ1) is 13.3. The van der Waals surface area contributed by atoms with Gasteiger partial charge in [0.15, 0.2) is 6.29 Å². The van der Waals surface area contributed by atoms with Crippen LogP contribution in [-0.4, -0.2) is 32.5 Å². The van der Waals surface area contributed by atoms with E-state index in [1.54, 1.807) is 6.07 Å². The van der Waals surface area contributed by atoms with Crippen LogP contribution in [0.4, 0.5) is 0 Å². The van der Waals surface area contributed by atoms with Gasteiger partial charge in [-0.15, -0.1) is 11.8 Å². The molecule has 3 nitrogen and oxygen atoms in total. The number of rotatable bonds is 5. The Kier molecular flexibility index (Phi) is 4.56. The molecule has 0 radical (unpaired) electrons. The Labute approximate surface area is 100 Å². The number of sulfone groups is 1. The van der Waals surface area contributed by atoms with Crippen molar-refractivity contribution in [1.29, 1.82) is 0 Å². The number of aldehydes is 1. The predicted molar refractivity (Wildman–Crippen MR) is 67.0 cm³/mol. The zero-order valence-electron chi connectivity index (χ0n) is 9.26. The van der Waals surface area contributed by atoms with E-state index < -0.39 is 9.84 Å². The van der Waals surface area contributed by atoms with Crippen molar-refractivity contribution < 1.29 is 13.2 Å². The number of benzene rings is 1. The van der Waals surface area contributed by atoms with Gasteiger partial charge in [0.05, 0.1) is 5.75 Å². The Balaban J connectivity index is 2.70. The van der Waals surface area contributed by atoms with E-state index in [-0.39, 0.29) is 5.75 Å². The van der Waals surface area contributed by atoms with Crippen LogP contribution in [0.1, 0.15) is 15.9 Å². The lowest BCUT2D eigenvalue weighted by molar-refractivity contribution is 0.112. The maximum atomic E-state index is 10.9. The van der Waals surface area contributed by atoms with E-state index in [1.807, 2.05) is 19.1 Å². The summed E-state index contributed by atoms with van der Waals surface area (Å²) in [6.45, 7) is 1.91. The smallest absolute Gasteiger partial charge is 0.151 e. The molecule has 0 fully saturated rings. The third-order valence-electron chi connectivity index (χ3n) is 2.00. The van der Waals surface area contributed by atoms with E-state index in [1.165, 1.54) is 18.0 Å². The first-order valence-electron chi connectivity index (χ1n) is 4.79. The zero-order valence-corrected chi connectivity index (χ0v) is 10.9. The molecule has 0 bridgehead atoms. The maximum Gasteiger partial charge on any atom is 0.151 e. The van der Waals surface area contributed by atoms with Gasteiger partial charge in [0.1, 0.15) is 9.84 Å². The number of hydrogen-bond acceptors (Lipinski definition) is 4. The van der Waals surface area contributed by atoms with Crippen LogP contribution in [0, 0.1) is 6.92 Å². The molecule has 0 N–H and O–H groups in total. The van der Waals surface area contributed by atoms with Gasteiger partial charge < -0.3 is 0 Å². The van der Waals surface area contributed by atoms with Crippen molar-refractivity contribution in [3.8, 4) is 0 Å². The molecule has 88 valence electrons. The van der Waals surface area contributed by atoms with Crippen LogP contribution in [0.3, 0.4) is 0 Å².